The Morgan fingerprint density at radius 1 is 0.800 bits per heavy atom. The molecule has 0 bridgehead atoms. The molecule has 0 aliphatic carbocycles. The number of benzene rings is 2. The summed E-state index contributed by atoms with van der Waals surface area (Å²) in [5, 5.41) is 11.6. The van der Waals surface area contributed by atoms with E-state index in [1.165, 1.54) is 0 Å². The molecule has 0 radical (unpaired) electrons. The van der Waals surface area contributed by atoms with E-state index in [0.29, 0.717) is 30.1 Å². The fourth-order valence-electron chi connectivity index (χ4n) is 2.78. The van der Waals surface area contributed by atoms with E-state index in [-0.39, 0.29) is 24.3 Å². The van der Waals surface area contributed by atoms with Gasteiger partial charge in [-0.15, -0.1) is 0 Å². The second-order valence-electron chi connectivity index (χ2n) is 7.51. The number of anilines is 4. The topological polar surface area (TPSA) is 99.3 Å². The molecule has 2 aromatic carbocycles. The Morgan fingerprint density at radius 2 is 1.37 bits per heavy atom. The monoisotopic (exact) mass is 410 g/mol. The maximum Gasteiger partial charge on any atom is 0.243 e. The predicted molar refractivity (Wildman–Crippen MR) is 122 cm³/mol. The molecule has 0 saturated heterocycles. The van der Waals surface area contributed by atoms with E-state index >= 15 is 0 Å². The third kappa shape index (κ3) is 7.24. The smallest absolute Gasteiger partial charge is 0.243 e. The van der Waals surface area contributed by atoms with Crippen LogP contribution >= 0.6 is 0 Å². The second kappa shape index (κ2) is 11.0. The van der Waals surface area contributed by atoms with Crippen LogP contribution in [-0.2, 0) is 14.4 Å². The number of hydrogen-bond acceptors (Lipinski definition) is 4. The van der Waals surface area contributed by atoms with Gasteiger partial charge in [0.25, 0.3) is 0 Å². The van der Waals surface area contributed by atoms with E-state index in [2.05, 4.69) is 21.3 Å². The minimum absolute atomic E-state index is 0.0159. The van der Waals surface area contributed by atoms with Gasteiger partial charge in [0.2, 0.25) is 17.7 Å². The summed E-state index contributed by atoms with van der Waals surface area (Å²) in [6.07, 6.45) is 0.864. The molecule has 0 heterocycles. The van der Waals surface area contributed by atoms with Crippen LogP contribution < -0.4 is 21.3 Å². The van der Waals surface area contributed by atoms with Crippen molar-refractivity contribution in [3.63, 3.8) is 0 Å². The van der Waals surface area contributed by atoms with Crippen LogP contribution in [0, 0.1) is 12.8 Å². The summed E-state index contributed by atoms with van der Waals surface area (Å²) in [5.74, 6) is 0.00739. The highest BCUT2D eigenvalue weighted by Gasteiger charge is 2.10. The molecule has 0 fully saturated rings. The highest BCUT2D eigenvalue weighted by molar-refractivity contribution is 5.97. The van der Waals surface area contributed by atoms with Gasteiger partial charge in [-0.3, -0.25) is 14.4 Å². The molecule has 2 aromatic rings. The summed E-state index contributed by atoms with van der Waals surface area (Å²) in [7, 11) is 0. The maximum atomic E-state index is 12.3. The molecule has 4 N–H and O–H groups in total. The quantitative estimate of drug-likeness (QED) is 0.493. The molecular weight excluding hydrogens is 380 g/mol. The van der Waals surface area contributed by atoms with E-state index < -0.39 is 0 Å². The lowest BCUT2D eigenvalue weighted by Gasteiger charge is -2.14. The fraction of sp³-hybridized carbons (Fsp3) is 0.348. The normalized spacial score (nSPS) is 10.4. The fourth-order valence-corrected chi connectivity index (χ4v) is 2.78. The first kappa shape index (κ1) is 22.9. The third-order valence-corrected chi connectivity index (χ3v) is 4.42. The number of amides is 3. The molecule has 0 unspecified atom stereocenters. The Balaban J connectivity index is 1.88. The SMILES string of the molecule is CCC(=O)Nc1cccc(NC(=O)CNc2ccc(NC(=O)CC(C)C)cc2)c1C. The number of rotatable bonds is 9. The third-order valence-electron chi connectivity index (χ3n) is 4.42. The molecule has 0 atom stereocenters. The Kier molecular flexibility index (Phi) is 8.41. The van der Waals surface area contributed by atoms with Gasteiger partial charge >= 0.3 is 0 Å². The van der Waals surface area contributed by atoms with Gasteiger partial charge in [0, 0.05) is 35.6 Å². The number of carbonyl (C=O) groups is 3. The summed E-state index contributed by atoms with van der Waals surface area (Å²) < 4.78 is 0. The van der Waals surface area contributed by atoms with Crippen LogP contribution in [0.4, 0.5) is 22.7 Å². The minimum Gasteiger partial charge on any atom is -0.376 e. The first-order chi connectivity index (χ1) is 14.3. The van der Waals surface area contributed by atoms with Crippen molar-refractivity contribution in [2.24, 2.45) is 5.92 Å². The molecule has 30 heavy (non-hydrogen) atoms. The van der Waals surface area contributed by atoms with Crippen molar-refractivity contribution in [3.05, 3.63) is 48.0 Å². The number of carbonyl (C=O) groups excluding carboxylic acids is 3. The molecule has 3 amide bonds. The van der Waals surface area contributed by atoms with Gasteiger partial charge in [-0.2, -0.15) is 0 Å². The zero-order valence-corrected chi connectivity index (χ0v) is 18.0. The standard InChI is InChI=1S/C23H30N4O3/c1-5-21(28)26-19-7-6-8-20(16(19)4)27-23(30)14-24-17-9-11-18(12-10-17)25-22(29)13-15(2)3/h6-12,15,24H,5,13-14H2,1-4H3,(H,25,29)(H,26,28)(H,27,30). The lowest BCUT2D eigenvalue weighted by Crippen LogP contribution is -2.22. The van der Waals surface area contributed by atoms with Crippen molar-refractivity contribution < 1.29 is 14.4 Å². The van der Waals surface area contributed by atoms with Crippen LogP contribution in [0.25, 0.3) is 0 Å². The molecule has 160 valence electrons. The molecule has 0 aromatic heterocycles. The predicted octanol–water partition coefficient (Wildman–Crippen LogP) is 4.38. The van der Waals surface area contributed by atoms with Crippen LogP contribution in [0.2, 0.25) is 0 Å². The molecule has 0 spiro atoms. The Bertz CT molecular complexity index is 892. The average molecular weight is 411 g/mol. The highest BCUT2D eigenvalue weighted by Crippen LogP contribution is 2.23. The van der Waals surface area contributed by atoms with Crippen molar-refractivity contribution in [1.29, 1.82) is 0 Å². The van der Waals surface area contributed by atoms with Gasteiger partial charge in [-0.25, -0.2) is 0 Å². The second-order valence-corrected chi connectivity index (χ2v) is 7.51. The van der Waals surface area contributed by atoms with Crippen molar-refractivity contribution in [3.8, 4) is 0 Å². The Hall–Kier alpha value is -3.35. The summed E-state index contributed by atoms with van der Waals surface area (Å²) >= 11 is 0. The average Bonchev–Trinajstić information content (AvgIpc) is 2.69. The lowest BCUT2D eigenvalue weighted by atomic mass is 10.1. The molecule has 0 saturated carbocycles. The number of nitrogens with one attached hydrogen (secondary N) is 4. The first-order valence-electron chi connectivity index (χ1n) is 10.1. The molecule has 0 aliphatic rings. The summed E-state index contributed by atoms with van der Waals surface area (Å²) in [6, 6.07) is 12.6. The Labute approximate surface area is 177 Å². The lowest BCUT2D eigenvalue weighted by molar-refractivity contribution is -0.117. The summed E-state index contributed by atoms with van der Waals surface area (Å²) in [6.45, 7) is 7.71. The van der Waals surface area contributed by atoms with E-state index in [1.54, 1.807) is 37.3 Å². The van der Waals surface area contributed by atoms with E-state index in [0.717, 1.165) is 16.9 Å². The maximum absolute atomic E-state index is 12.3. The van der Waals surface area contributed by atoms with E-state index in [1.807, 2.05) is 32.9 Å². The van der Waals surface area contributed by atoms with Crippen LogP contribution in [0.15, 0.2) is 42.5 Å². The molecule has 7 heteroatoms. The molecule has 7 nitrogen and oxygen atoms in total. The van der Waals surface area contributed by atoms with Crippen molar-refractivity contribution in [2.75, 3.05) is 27.8 Å². The van der Waals surface area contributed by atoms with Gasteiger partial charge in [0.15, 0.2) is 0 Å². The van der Waals surface area contributed by atoms with Gasteiger partial charge in [-0.05, 0) is 54.8 Å². The Morgan fingerprint density at radius 3 is 1.93 bits per heavy atom. The number of hydrogen-bond donors (Lipinski definition) is 4. The zero-order chi connectivity index (χ0) is 22.1. The van der Waals surface area contributed by atoms with Crippen molar-refractivity contribution in [1.82, 2.24) is 0 Å². The summed E-state index contributed by atoms with van der Waals surface area (Å²) in [4.78, 5) is 35.8. The molecular formula is C23H30N4O3. The van der Waals surface area contributed by atoms with Crippen LogP contribution in [-0.4, -0.2) is 24.3 Å². The van der Waals surface area contributed by atoms with E-state index in [9.17, 15) is 14.4 Å². The van der Waals surface area contributed by atoms with Gasteiger partial charge in [0.05, 0.1) is 6.54 Å². The van der Waals surface area contributed by atoms with Gasteiger partial charge in [-0.1, -0.05) is 26.8 Å². The van der Waals surface area contributed by atoms with Crippen molar-refractivity contribution >= 4 is 40.5 Å². The van der Waals surface area contributed by atoms with Crippen LogP contribution in [0.5, 0.6) is 0 Å². The summed E-state index contributed by atoms with van der Waals surface area (Å²) in [5.41, 5.74) is 3.63. The zero-order valence-electron chi connectivity index (χ0n) is 18.0. The molecule has 0 aliphatic heterocycles. The van der Waals surface area contributed by atoms with Crippen LogP contribution in [0.1, 0.15) is 39.2 Å². The largest absolute Gasteiger partial charge is 0.376 e. The minimum atomic E-state index is -0.202. The first-order valence-corrected chi connectivity index (χ1v) is 10.1. The van der Waals surface area contributed by atoms with Crippen molar-refractivity contribution in [2.45, 2.75) is 40.5 Å². The highest BCUT2D eigenvalue weighted by atomic mass is 16.2. The van der Waals surface area contributed by atoms with E-state index in [4.69, 9.17) is 0 Å². The van der Waals surface area contributed by atoms with Crippen LogP contribution in [0.3, 0.4) is 0 Å². The molecule has 2 rings (SSSR count). The van der Waals surface area contributed by atoms with Gasteiger partial charge < -0.3 is 21.3 Å². The van der Waals surface area contributed by atoms with Gasteiger partial charge in [0.1, 0.15) is 0 Å².